The number of amides is 2. The van der Waals surface area contributed by atoms with Crippen LogP contribution >= 0.6 is 0 Å². The first-order chi connectivity index (χ1) is 13.9. The number of halogens is 1. The molecule has 1 fully saturated rings. The van der Waals surface area contributed by atoms with Gasteiger partial charge in [0.25, 0.3) is 5.91 Å². The summed E-state index contributed by atoms with van der Waals surface area (Å²) in [6.45, 7) is 4.83. The van der Waals surface area contributed by atoms with Gasteiger partial charge >= 0.3 is 0 Å². The van der Waals surface area contributed by atoms with Crippen LogP contribution in [0.1, 0.15) is 47.3 Å². The van der Waals surface area contributed by atoms with Crippen LogP contribution in [-0.2, 0) is 4.79 Å². The zero-order chi connectivity index (χ0) is 21.0. The van der Waals surface area contributed by atoms with Crippen molar-refractivity contribution >= 4 is 11.8 Å². The summed E-state index contributed by atoms with van der Waals surface area (Å²) in [5, 5.41) is 2.95. The molecule has 1 heterocycles. The molecule has 1 aliphatic heterocycles. The van der Waals surface area contributed by atoms with Gasteiger partial charge in [-0.1, -0.05) is 23.8 Å². The quantitative estimate of drug-likeness (QED) is 0.832. The molecule has 2 unspecified atom stereocenters. The molecule has 1 saturated heterocycles. The molecule has 29 heavy (non-hydrogen) atoms. The lowest BCUT2D eigenvalue weighted by Gasteiger charge is -2.32. The number of methoxy groups -OCH3 is 1. The fourth-order valence-electron chi connectivity index (χ4n) is 3.62. The fraction of sp³-hybridized carbons (Fsp3) is 0.391. The molecule has 3 rings (SSSR count). The van der Waals surface area contributed by atoms with Crippen LogP contribution in [0.25, 0.3) is 0 Å². The first-order valence-electron chi connectivity index (χ1n) is 9.88. The largest absolute Gasteiger partial charge is 0.494 e. The number of rotatable bonds is 5. The van der Waals surface area contributed by atoms with Crippen LogP contribution in [0.15, 0.2) is 42.5 Å². The van der Waals surface area contributed by atoms with Crippen LogP contribution < -0.4 is 10.1 Å². The molecule has 5 nitrogen and oxygen atoms in total. The van der Waals surface area contributed by atoms with Gasteiger partial charge in [-0.15, -0.1) is 0 Å². The van der Waals surface area contributed by atoms with E-state index in [0.29, 0.717) is 24.2 Å². The van der Waals surface area contributed by atoms with Gasteiger partial charge in [0, 0.05) is 18.7 Å². The highest BCUT2D eigenvalue weighted by Gasteiger charge is 2.29. The van der Waals surface area contributed by atoms with E-state index < -0.39 is 5.82 Å². The molecule has 0 radical (unpaired) electrons. The molecule has 2 aromatic carbocycles. The Kier molecular flexibility index (Phi) is 6.52. The molecular weight excluding hydrogens is 371 g/mol. The molecule has 0 bridgehead atoms. The molecule has 1 aliphatic rings. The van der Waals surface area contributed by atoms with Gasteiger partial charge in [-0.25, -0.2) is 4.39 Å². The summed E-state index contributed by atoms with van der Waals surface area (Å²) in [6, 6.07) is 11.8. The van der Waals surface area contributed by atoms with Crippen molar-refractivity contribution in [2.45, 2.75) is 32.7 Å². The van der Waals surface area contributed by atoms with E-state index in [9.17, 15) is 14.0 Å². The predicted octanol–water partition coefficient (Wildman–Crippen LogP) is 3.87. The maximum Gasteiger partial charge on any atom is 0.253 e. The van der Waals surface area contributed by atoms with Crippen LogP contribution in [0.2, 0.25) is 0 Å². The fourth-order valence-corrected chi connectivity index (χ4v) is 3.62. The van der Waals surface area contributed by atoms with Crippen LogP contribution in [0.5, 0.6) is 5.75 Å². The van der Waals surface area contributed by atoms with Gasteiger partial charge in [-0.05, 0) is 56.5 Å². The molecule has 1 N–H and O–H groups in total. The zero-order valence-electron chi connectivity index (χ0n) is 17.1. The Labute approximate surface area is 170 Å². The summed E-state index contributed by atoms with van der Waals surface area (Å²) >= 11 is 0. The molecule has 2 atom stereocenters. The molecule has 0 aliphatic carbocycles. The first-order valence-corrected chi connectivity index (χ1v) is 9.88. The van der Waals surface area contributed by atoms with E-state index >= 15 is 0 Å². The Morgan fingerprint density at radius 3 is 2.59 bits per heavy atom. The van der Waals surface area contributed by atoms with Crippen molar-refractivity contribution < 1.29 is 18.7 Å². The first kappa shape index (κ1) is 20.8. The highest BCUT2D eigenvalue weighted by atomic mass is 19.1. The number of hydrogen-bond donors (Lipinski definition) is 1. The van der Waals surface area contributed by atoms with Gasteiger partial charge in [0.1, 0.15) is 0 Å². The van der Waals surface area contributed by atoms with Crippen molar-refractivity contribution in [3.8, 4) is 5.75 Å². The number of benzene rings is 2. The van der Waals surface area contributed by atoms with E-state index in [0.717, 1.165) is 18.4 Å². The van der Waals surface area contributed by atoms with Crippen LogP contribution in [-0.4, -0.2) is 36.9 Å². The summed E-state index contributed by atoms with van der Waals surface area (Å²) in [4.78, 5) is 27.3. The van der Waals surface area contributed by atoms with E-state index in [2.05, 4.69) is 5.32 Å². The Balaban J connectivity index is 1.62. The Hall–Kier alpha value is -2.89. The maximum atomic E-state index is 13.9. The van der Waals surface area contributed by atoms with Crippen molar-refractivity contribution in [1.82, 2.24) is 10.2 Å². The van der Waals surface area contributed by atoms with Crippen LogP contribution in [0.3, 0.4) is 0 Å². The standard InChI is InChI=1S/C23H27FN2O3/c1-15-6-8-17(9-7-15)23(28)26-12-4-5-19(14-26)22(27)25-16(2)18-10-11-21(29-3)20(24)13-18/h6-11,13,16,19H,4-5,12,14H2,1-3H3,(H,25,27). The summed E-state index contributed by atoms with van der Waals surface area (Å²) < 4.78 is 18.9. The van der Waals surface area contributed by atoms with Gasteiger partial charge < -0.3 is 15.0 Å². The molecule has 154 valence electrons. The normalized spacial score (nSPS) is 17.5. The van der Waals surface area contributed by atoms with E-state index in [1.807, 2.05) is 38.1 Å². The predicted molar refractivity (Wildman–Crippen MR) is 109 cm³/mol. The second-order valence-electron chi connectivity index (χ2n) is 7.58. The third-order valence-corrected chi connectivity index (χ3v) is 5.41. The minimum Gasteiger partial charge on any atom is -0.494 e. The Morgan fingerprint density at radius 2 is 1.93 bits per heavy atom. The molecule has 2 amide bonds. The van der Waals surface area contributed by atoms with Gasteiger partial charge in [-0.2, -0.15) is 0 Å². The smallest absolute Gasteiger partial charge is 0.253 e. The molecule has 0 aromatic heterocycles. The van der Waals surface area contributed by atoms with E-state index in [4.69, 9.17) is 4.74 Å². The van der Waals surface area contributed by atoms with Crippen LogP contribution in [0, 0.1) is 18.7 Å². The number of aryl methyl sites for hydroxylation is 1. The summed E-state index contributed by atoms with van der Waals surface area (Å²) in [5.74, 6) is -0.727. The lowest BCUT2D eigenvalue weighted by Crippen LogP contribution is -2.45. The van der Waals surface area contributed by atoms with Crippen molar-refractivity contribution in [1.29, 1.82) is 0 Å². The second-order valence-corrected chi connectivity index (χ2v) is 7.58. The van der Waals surface area contributed by atoms with Crippen molar-refractivity contribution in [2.24, 2.45) is 5.92 Å². The van der Waals surface area contributed by atoms with Crippen molar-refractivity contribution in [2.75, 3.05) is 20.2 Å². The SMILES string of the molecule is COc1ccc(C(C)NC(=O)C2CCCN(C(=O)c3ccc(C)cc3)C2)cc1F. The van der Waals surface area contributed by atoms with E-state index in [1.165, 1.54) is 13.2 Å². The third kappa shape index (κ3) is 4.94. The number of carbonyl (C=O) groups excluding carboxylic acids is 2. The molecular formula is C23H27FN2O3. The number of likely N-dealkylation sites (tertiary alicyclic amines) is 1. The lowest BCUT2D eigenvalue weighted by molar-refractivity contribution is -0.127. The average molecular weight is 398 g/mol. The van der Waals surface area contributed by atoms with Gasteiger partial charge in [0.2, 0.25) is 5.91 Å². The van der Waals surface area contributed by atoms with E-state index in [-0.39, 0.29) is 29.5 Å². The zero-order valence-corrected chi connectivity index (χ0v) is 17.1. The number of ether oxygens (including phenoxy) is 1. The molecule has 2 aromatic rings. The number of piperidine rings is 1. The number of hydrogen-bond acceptors (Lipinski definition) is 3. The highest BCUT2D eigenvalue weighted by Crippen LogP contribution is 2.24. The minimum absolute atomic E-state index is 0.0484. The van der Waals surface area contributed by atoms with Crippen molar-refractivity contribution in [3.05, 3.63) is 65.0 Å². The number of carbonyl (C=O) groups is 2. The summed E-state index contributed by atoms with van der Waals surface area (Å²) in [7, 11) is 1.41. The number of nitrogens with one attached hydrogen (secondary N) is 1. The van der Waals surface area contributed by atoms with Gasteiger partial charge in [0.15, 0.2) is 11.6 Å². The topological polar surface area (TPSA) is 58.6 Å². The average Bonchev–Trinajstić information content (AvgIpc) is 2.73. The Morgan fingerprint density at radius 1 is 1.21 bits per heavy atom. The van der Waals surface area contributed by atoms with Crippen molar-refractivity contribution in [3.63, 3.8) is 0 Å². The molecule has 6 heteroatoms. The van der Waals surface area contributed by atoms with Gasteiger partial charge in [-0.3, -0.25) is 9.59 Å². The van der Waals surface area contributed by atoms with E-state index in [1.54, 1.807) is 17.0 Å². The second kappa shape index (κ2) is 9.07. The monoisotopic (exact) mass is 398 g/mol. The lowest BCUT2D eigenvalue weighted by atomic mass is 9.95. The number of nitrogens with zero attached hydrogens (tertiary/aromatic N) is 1. The maximum absolute atomic E-state index is 13.9. The Bertz CT molecular complexity index is 882. The van der Waals surface area contributed by atoms with Crippen LogP contribution in [0.4, 0.5) is 4.39 Å². The molecule has 0 spiro atoms. The third-order valence-electron chi connectivity index (χ3n) is 5.41. The minimum atomic E-state index is -0.460. The highest BCUT2D eigenvalue weighted by molar-refractivity contribution is 5.94. The summed E-state index contributed by atoms with van der Waals surface area (Å²) in [6.07, 6.45) is 1.51. The van der Waals surface area contributed by atoms with Gasteiger partial charge in [0.05, 0.1) is 19.1 Å². The summed E-state index contributed by atoms with van der Waals surface area (Å²) in [5.41, 5.74) is 2.40. The molecule has 0 saturated carbocycles.